The van der Waals surface area contributed by atoms with E-state index in [1.807, 2.05) is 13.8 Å². The molecule has 0 radical (unpaired) electrons. The van der Waals surface area contributed by atoms with E-state index in [1.165, 1.54) is 6.33 Å². The highest BCUT2D eigenvalue weighted by Crippen LogP contribution is 2.26. The molecule has 0 bridgehead atoms. The molecule has 0 saturated carbocycles. The number of hydrogen-bond acceptors (Lipinski definition) is 5. The summed E-state index contributed by atoms with van der Waals surface area (Å²) in [6.07, 6.45) is 3.58. The second-order valence-corrected chi connectivity index (χ2v) is 4.27. The Morgan fingerprint density at radius 2 is 1.94 bits per heavy atom. The van der Waals surface area contributed by atoms with Crippen molar-refractivity contribution in [2.75, 3.05) is 11.1 Å². The van der Waals surface area contributed by atoms with Gasteiger partial charge in [0.05, 0.1) is 6.10 Å². The average Bonchev–Trinajstić information content (AvgIpc) is 2.30. The Labute approximate surface area is 103 Å². The quantitative estimate of drug-likeness (QED) is 0.796. The lowest BCUT2D eigenvalue weighted by atomic mass is 10.2. The lowest BCUT2D eigenvalue weighted by molar-refractivity contribution is 0.234. The molecule has 0 aliphatic carbocycles. The maximum Gasteiger partial charge on any atom is 0.242 e. The minimum absolute atomic E-state index is 0.0493. The molecule has 0 amide bonds. The second-order valence-electron chi connectivity index (χ2n) is 4.27. The van der Waals surface area contributed by atoms with Crippen molar-refractivity contribution in [3.8, 4) is 5.88 Å². The van der Waals surface area contributed by atoms with Crippen molar-refractivity contribution in [2.45, 2.75) is 52.7 Å². The fourth-order valence-corrected chi connectivity index (χ4v) is 1.50. The fraction of sp³-hybridized carbons (Fsp3) is 0.667. The number of anilines is 2. The first-order chi connectivity index (χ1) is 8.08. The van der Waals surface area contributed by atoms with Gasteiger partial charge < -0.3 is 15.8 Å². The molecule has 0 spiro atoms. The van der Waals surface area contributed by atoms with Gasteiger partial charge in [0.15, 0.2) is 5.82 Å². The molecular formula is C12H22N4O. The van der Waals surface area contributed by atoms with E-state index in [0.29, 0.717) is 23.4 Å². The number of nitrogens with two attached hydrogens (primary N) is 1. The van der Waals surface area contributed by atoms with Crippen molar-refractivity contribution in [2.24, 2.45) is 0 Å². The second kappa shape index (κ2) is 6.27. The van der Waals surface area contributed by atoms with Crippen LogP contribution in [0.1, 0.15) is 40.5 Å². The molecule has 0 fully saturated rings. The van der Waals surface area contributed by atoms with E-state index < -0.39 is 0 Å². The van der Waals surface area contributed by atoms with Gasteiger partial charge in [0, 0.05) is 6.04 Å². The summed E-state index contributed by atoms with van der Waals surface area (Å²) in [4.78, 5) is 8.19. The molecule has 5 heteroatoms. The van der Waals surface area contributed by atoms with Gasteiger partial charge in [-0.1, -0.05) is 13.8 Å². The van der Waals surface area contributed by atoms with Gasteiger partial charge in [-0.05, 0) is 26.7 Å². The van der Waals surface area contributed by atoms with E-state index in [0.717, 1.165) is 12.8 Å². The normalized spacial score (nSPS) is 10.9. The predicted molar refractivity (Wildman–Crippen MR) is 70.2 cm³/mol. The van der Waals surface area contributed by atoms with E-state index >= 15 is 0 Å². The Balaban J connectivity index is 2.86. The van der Waals surface area contributed by atoms with Crippen LogP contribution in [0.15, 0.2) is 6.33 Å². The molecule has 3 N–H and O–H groups in total. The van der Waals surface area contributed by atoms with Crippen LogP contribution in [-0.2, 0) is 0 Å². The van der Waals surface area contributed by atoms with Crippen LogP contribution >= 0.6 is 0 Å². The topological polar surface area (TPSA) is 73.1 Å². The molecule has 1 heterocycles. The van der Waals surface area contributed by atoms with Crippen molar-refractivity contribution in [1.29, 1.82) is 0 Å². The predicted octanol–water partition coefficient (Wildman–Crippen LogP) is 2.45. The smallest absolute Gasteiger partial charge is 0.242 e. The summed E-state index contributed by atoms with van der Waals surface area (Å²) >= 11 is 0. The van der Waals surface area contributed by atoms with Crippen molar-refractivity contribution >= 4 is 11.5 Å². The summed E-state index contributed by atoms with van der Waals surface area (Å²) in [6.45, 7) is 8.14. The van der Waals surface area contributed by atoms with E-state index in [9.17, 15) is 0 Å². The molecule has 1 rings (SSSR count). The highest BCUT2D eigenvalue weighted by molar-refractivity contribution is 5.66. The standard InChI is InChI=1S/C12H22N4O/c1-5-9(6-2)16-11-10(13)12(15-7-14-11)17-8(3)4/h7-9H,5-6,13H2,1-4H3,(H,14,15,16). The first kappa shape index (κ1) is 13.5. The summed E-state index contributed by atoms with van der Waals surface area (Å²) in [6, 6.07) is 0.374. The molecule has 0 saturated heterocycles. The van der Waals surface area contributed by atoms with Crippen LogP contribution in [0.5, 0.6) is 5.88 Å². The zero-order valence-corrected chi connectivity index (χ0v) is 11.0. The van der Waals surface area contributed by atoms with Crippen molar-refractivity contribution < 1.29 is 4.74 Å². The molecule has 0 unspecified atom stereocenters. The summed E-state index contributed by atoms with van der Waals surface area (Å²) in [7, 11) is 0. The number of aromatic nitrogens is 2. The van der Waals surface area contributed by atoms with Crippen molar-refractivity contribution in [3.63, 3.8) is 0 Å². The fourth-order valence-electron chi connectivity index (χ4n) is 1.50. The van der Waals surface area contributed by atoms with Crippen LogP contribution in [0.2, 0.25) is 0 Å². The molecule has 0 aliphatic rings. The van der Waals surface area contributed by atoms with E-state index in [1.54, 1.807) is 0 Å². The van der Waals surface area contributed by atoms with Crippen LogP contribution in [0.25, 0.3) is 0 Å². The first-order valence-electron chi connectivity index (χ1n) is 6.12. The van der Waals surface area contributed by atoms with Crippen LogP contribution in [0.3, 0.4) is 0 Å². The summed E-state index contributed by atoms with van der Waals surface area (Å²) in [5.74, 6) is 1.10. The maximum atomic E-state index is 5.98. The number of hydrogen-bond donors (Lipinski definition) is 2. The van der Waals surface area contributed by atoms with Gasteiger partial charge in [0.2, 0.25) is 5.88 Å². The lowest BCUT2D eigenvalue weighted by Crippen LogP contribution is -2.20. The zero-order valence-electron chi connectivity index (χ0n) is 11.0. The van der Waals surface area contributed by atoms with E-state index in [4.69, 9.17) is 10.5 Å². The minimum atomic E-state index is 0.0493. The van der Waals surface area contributed by atoms with Gasteiger partial charge >= 0.3 is 0 Å². The SMILES string of the molecule is CCC(CC)Nc1ncnc(OC(C)C)c1N. The lowest BCUT2D eigenvalue weighted by Gasteiger charge is -2.18. The first-order valence-corrected chi connectivity index (χ1v) is 6.12. The van der Waals surface area contributed by atoms with Crippen LogP contribution in [0.4, 0.5) is 11.5 Å². The highest BCUT2D eigenvalue weighted by atomic mass is 16.5. The Hall–Kier alpha value is -1.52. The number of nitrogens with one attached hydrogen (secondary N) is 1. The summed E-state index contributed by atoms with van der Waals surface area (Å²) in [5.41, 5.74) is 6.46. The maximum absolute atomic E-state index is 5.98. The van der Waals surface area contributed by atoms with E-state index in [-0.39, 0.29) is 6.10 Å². The largest absolute Gasteiger partial charge is 0.473 e. The Morgan fingerprint density at radius 3 is 2.47 bits per heavy atom. The Morgan fingerprint density at radius 1 is 1.29 bits per heavy atom. The van der Waals surface area contributed by atoms with Gasteiger partial charge in [0.1, 0.15) is 12.0 Å². The number of nitrogen functional groups attached to an aromatic ring is 1. The van der Waals surface area contributed by atoms with Gasteiger partial charge in [-0.25, -0.2) is 4.98 Å². The Bertz CT molecular complexity index is 350. The minimum Gasteiger partial charge on any atom is -0.473 e. The van der Waals surface area contributed by atoms with Crippen LogP contribution < -0.4 is 15.8 Å². The molecule has 0 aliphatic heterocycles. The molecular weight excluding hydrogens is 216 g/mol. The third-order valence-electron chi connectivity index (χ3n) is 2.52. The third kappa shape index (κ3) is 3.76. The molecule has 5 nitrogen and oxygen atoms in total. The molecule has 17 heavy (non-hydrogen) atoms. The summed E-state index contributed by atoms with van der Waals surface area (Å²) < 4.78 is 5.52. The van der Waals surface area contributed by atoms with Crippen LogP contribution in [-0.4, -0.2) is 22.1 Å². The van der Waals surface area contributed by atoms with Gasteiger partial charge in [-0.15, -0.1) is 0 Å². The third-order valence-corrected chi connectivity index (χ3v) is 2.52. The van der Waals surface area contributed by atoms with Gasteiger partial charge in [-0.2, -0.15) is 4.98 Å². The molecule has 1 aromatic rings. The van der Waals surface area contributed by atoms with Crippen molar-refractivity contribution in [1.82, 2.24) is 9.97 Å². The number of ether oxygens (including phenoxy) is 1. The van der Waals surface area contributed by atoms with Gasteiger partial charge in [0.25, 0.3) is 0 Å². The monoisotopic (exact) mass is 238 g/mol. The van der Waals surface area contributed by atoms with Crippen molar-refractivity contribution in [3.05, 3.63) is 6.33 Å². The number of rotatable bonds is 6. The zero-order chi connectivity index (χ0) is 12.8. The average molecular weight is 238 g/mol. The van der Waals surface area contributed by atoms with E-state index in [2.05, 4.69) is 29.1 Å². The molecule has 0 aromatic carbocycles. The molecule has 0 atom stereocenters. The van der Waals surface area contributed by atoms with Gasteiger partial charge in [-0.3, -0.25) is 0 Å². The number of nitrogens with zero attached hydrogens (tertiary/aromatic N) is 2. The molecule has 1 aromatic heterocycles. The summed E-state index contributed by atoms with van der Waals surface area (Å²) in [5, 5.41) is 3.30. The Kier molecular flexibility index (Phi) is 5.00. The van der Waals surface area contributed by atoms with Crippen LogP contribution in [0, 0.1) is 0 Å². The molecule has 96 valence electrons. The highest BCUT2D eigenvalue weighted by Gasteiger charge is 2.12.